The van der Waals surface area contributed by atoms with Crippen molar-refractivity contribution in [1.82, 2.24) is 10.2 Å². The molecule has 0 aliphatic carbocycles. The van der Waals surface area contributed by atoms with E-state index in [1.54, 1.807) is 7.11 Å². The van der Waals surface area contributed by atoms with Gasteiger partial charge in [0.05, 0.1) is 6.61 Å². The highest BCUT2D eigenvalue weighted by Gasteiger charge is 2.39. The number of hydrogen-bond acceptors (Lipinski definition) is 3. The van der Waals surface area contributed by atoms with Gasteiger partial charge in [0.15, 0.2) is 0 Å². The molecule has 1 unspecified atom stereocenters. The topological polar surface area (TPSA) is 24.5 Å². The fraction of sp³-hybridized carbons (Fsp3) is 1.00. The van der Waals surface area contributed by atoms with Crippen LogP contribution in [0, 0.1) is 0 Å². The molecule has 96 valence electrons. The first-order valence-electron chi connectivity index (χ1n) is 6.33. The van der Waals surface area contributed by atoms with E-state index < -0.39 is 0 Å². The zero-order chi connectivity index (χ0) is 12.4. The second-order valence-electron chi connectivity index (χ2n) is 6.20. The molecule has 1 N–H and O–H groups in total. The van der Waals surface area contributed by atoms with Gasteiger partial charge in [-0.05, 0) is 34.1 Å². The molecular weight excluding hydrogens is 200 g/mol. The maximum Gasteiger partial charge on any atom is 0.0641 e. The Morgan fingerprint density at radius 2 is 2.06 bits per heavy atom. The molecule has 3 heteroatoms. The molecule has 1 heterocycles. The van der Waals surface area contributed by atoms with Crippen LogP contribution in [0.1, 0.15) is 41.0 Å². The lowest BCUT2D eigenvalue weighted by Gasteiger charge is -2.51. The third kappa shape index (κ3) is 3.19. The van der Waals surface area contributed by atoms with Gasteiger partial charge in [-0.1, -0.05) is 6.92 Å². The summed E-state index contributed by atoms with van der Waals surface area (Å²) in [6.45, 7) is 14.3. The largest absolute Gasteiger partial charge is 0.383 e. The lowest BCUT2D eigenvalue weighted by Crippen LogP contribution is -2.67. The molecule has 1 atom stereocenters. The molecule has 16 heavy (non-hydrogen) atoms. The molecule has 1 fully saturated rings. The third-order valence-corrected chi connectivity index (χ3v) is 3.57. The Labute approximate surface area is 101 Å². The predicted molar refractivity (Wildman–Crippen MR) is 68.8 cm³/mol. The van der Waals surface area contributed by atoms with Gasteiger partial charge in [0, 0.05) is 37.3 Å². The highest BCUT2D eigenvalue weighted by atomic mass is 16.5. The normalized spacial score (nSPS) is 27.0. The van der Waals surface area contributed by atoms with E-state index in [9.17, 15) is 0 Å². The number of hydrogen-bond donors (Lipinski definition) is 1. The minimum atomic E-state index is 0.120. The first-order chi connectivity index (χ1) is 7.32. The van der Waals surface area contributed by atoms with Gasteiger partial charge in [0.2, 0.25) is 0 Å². The van der Waals surface area contributed by atoms with Crippen molar-refractivity contribution in [3.63, 3.8) is 0 Å². The SMILES string of the molecule is CCC1CNC(C)(C)CN1C(C)(C)COC. The van der Waals surface area contributed by atoms with Crippen molar-refractivity contribution >= 4 is 0 Å². The molecule has 1 saturated heterocycles. The Balaban J connectivity index is 2.79. The Morgan fingerprint density at radius 1 is 1.44 bits per heavy atom. The molecule has 0 amide bonds. The van der Waals surface area contributed by atoms with Gasteiger partial charge < -0.3 is 10.1 Å². The average Bonchev–Trinajstić information content (AvgIpc) is 2.16. The fourth-order valence-electron chi connectivity index (χ4n) is 2.62. The van der Waals surface area contributed by atoms with Crippen molar-refractivity contribution in [3.8, 4) is 0 Å². The Kier molecular flexibility index (Phi) is 4.38. The van der Waals surface area contributed by atoms with Crippen LogP contribution in [-0.4, -0.2) is 48.8 Å². The van der Waals surface area contributed by atoms with E-state index in [1.807, 2.05) is 0 Å². The van der Waals surface area contributed by atoms with Crippen molar-refractivity contribution in [2.45, 2.75) is 58.2 Å². The van der Waals surface area contributed by atoms with Crippen LogP contribution in [0.2, 0.25) is 0 Å². The van der Waals surface area contributed by atoms with Crippen LogP contribution in [0.15, 0.2) is 0 Å². The van der Waals surface area contributed by atoms with Gasteiger partial charge in [-0.15, -0.1) is 0 Å². The molecule has 0 radical (unpaired) electrons. The summed E-state index contributed by atoms with van der Waals surface area (Å²) in [5.74, 6) is 0. The Morgan fingerprint density at radius 3 is 2.56 bits per heavy atom. The van der Waals surface area contributed by atoms with Gasteiger partial charge in [-0.2, -0.15) is 0 Å². The van der Waals surface area contributed by atoms with Crippen molar-refractivity contribution in [3.05, 3.63) is 0 Å². The van der Waals surface area contributed by atoms with Crippen LogP contribution in [0.3, 0.4) is 0 Å². The number of piperazine rings is 1. The zero-order valence-corrected chi connectivity index (χ0v) is 11.8. The van der Waals surface area contributed by atoms with E-state index in [0.717, 1.165) is 19.7 Å². The minimum Gasteiger partial charge on any atom is -0.383 e. The number of rotatable bonds is 4. The molecule has 1 aliphatic rings. The maximum atomic E-state index is 5.36. The predicted octanol–water partition coefficient (Wildman–Crippen LogP) is 1.87. The smallest absolute Gasteiger partial charge is 0.0641 e. The highest BCUT2D eigenvalue weighted by molar-refractivity contribution is 4.97. The average molecular weight is 228 g/mol. The summed E-state index contributed by atoms with van der Waals surface area (Å²) >= 11 is 0. The van der Waals surface area contributed by atoms with Gasteiger partial charge in [0.25, 0.3) is 0 Å². The van der Waals surface area contributed by atoms with Crippen molar-refractivity contribution in [2.75, 3.05) is 26.8 Å². The highest BCUT2D eigenvalue weighted by Crippen LogP contribution is 2.26. The summed E-state index contributed by atoms with van der Waals surface area (Å²) in [6, 6.07) is 0.623. The van der Waals surface area contributed by atoms with Crippen molar-refractivity contribution in [2.24, 2.45) is 0 Å². The molecule has 3 nitrogen and oxygen atoms in total. The molecule has 0 aromatic heterocycles. The molecule has 0 aromatic carbocycles. The molecule has 0 aromatic rings. The van der Waals surface area contributed by atoms with Crippen LogP contribution < -0.4 is 5.32 Å². The summed E-state index contributed by atoms with van der Waals surface area (Å²) in [5.41, 5.74) is 0.325. The maximum absolute atomic E-state index is 5.36. The van der Waals surface area contributed by atoms with Crippen LogP contribution >= 0.6 is 0 Å². The number of methoxy groups -OCH3 is 1. The summed E-state index contributed by atoms with van der Waals surface area (Å²) in [7, 11) is 1.79. The van der Waals surface area contributed by atoms with E-state index in [-0.39, 0.29) is 11.1 Å². The van der Waals surface area contributed by atoms with Gasteiger partial charge in [-0.3, -0.25) is 4.90 Å². The molecular formula is C13H28N2O. The lowest BCUT2D eigenvalue weighted by atomic mass is 9.91. The van der Waals surface area contributed by atoms with E-state index in [4.69, 9.17) is 4.74 Å². The van der Waals surface area contributed by atoms with E-state index in [0.29, 0.717) is 6.04 Å². The quantitative estimate of drug-likeness (QED) is 0.795. The summed E-state index contributed by atoms with van der Waals surface area (Å²) in [5, 5.41) is 3.62. The third-order valence-electron chi connectivity index (χ3n) is 3.57. The second kappa shape index (κ2) is 5.03. The van der Waals surface area contributed by atoms with Crippen LogP contribution in [0.4, 0.5) is 0 Å². The molecule has 1 aliphatic heterocycles. The number of nitrogens with one attached hydrogen (secondary N) is 1. The summed E-state index contributed by atoms with van der Waals surface area (Å²) in [4.78, 5) is 2.60. The summed E-state index contributed by atoms with van der Waals surface area (Å²) in [6.07, 6.45) is 1.19. The fourth-order valence-corrected chi connectivity index (χ4v) is 2.62. The minimum absolute atomic E-state index is 0.120. The monoisotopic (exact) mass is 228 g/mol. The van der Waals surface area contributed by atoms with Crippen LogP contribution in [0.25, 0.3) is 0 Å². The molecule has 0 spiro atoms. The molecule has 0 bridgehead atoms. The zero-order valence-electron chi connectivity index (χ0n) is 11.8. The molecule has 1 rings (SSSR count). The summed E-state index contributed by atoms with van der Waals surface area (Å²) < 4.78 is 5.36. The van der Waals surface area contributed by atoms with E-state index in [1.165, 1.54) is 6.42 Å². The standard InChI is InChI=1S/C13H28N2O/c1-7-11-8-14-12(2,3)9-15(11)13(4,5)10-16-6/h11,14H,7-10H2,1-6H3. The van der Waals surface area contributed by atoms with Crippen LogP contribution in [0.5, 0.6) is 0 Å². The Bertz CT molecular complexity index is 226. The van der Waals surface area contributed by atoms with Gasteiger partial charge >= 0.3 is 0 Å². The van der Waals surface area contributed by atoms with E-state index >= 15 is 0 Å². The Hall–Kier alpha value is -0.120. The van der Waals surface area contributed by atoms with Gasteiger partial charge in [0.1, 0.15) is 0 Å². The van der Waals surface area contributed by atoms with Crippen LogP contribution in [-0.2, 0) is 4.74 Å². The van der Waals surface area contributed by atoms with Crippen molar-refractivity contribution < 1.29 is 4.74 Å². The number of nitrogens with zero attached hydrogens (tertiary/aromatic N) is 1. The second-order valence-corrected chi connectivity index (χ2v) is 6.20. The van der Waals surface area contributed by atoms with Gasteiger partial charge in [-0.25, -0.2) is 0 Å². The number of ether oxygens (including phenoxy) is 1. The molecule has 0 saturated carbocycles. The van der Waals surface area contributed by atoms with E-state index in [2.05, 4.69) is 44.8 Å². The first-order valence-corrected chi connectivity index (χ1v) is 6.33. The lowest BCUT2D eigenvalue weighted by molar-refractivity contribution is -0.0312. The first kappa shape index (κ1) is 13.9. The van der Waals surface area contributed by atoms with Crippen molar-refractivity contribution in [1.29, 1.82) is 0 Å².